The zero-order chi connectivity index (χ0) is 13.1. The van der Waals surface area contributed by atoms with Gasteiger partial charge in [-0.2, -0.15) is 0 Å². The van der Waals surface area contributed by atoms with E-state index in [0.29, 0.717) is 5.92 Å². The van der Waals surface area contributed by atoms with Gasteiger partial charge in [-0.3, -0.25) is 4.79 Å². The number of benzene rings is 1. The minimum atomic E-state index is -0.211. The topological polar surface area (TPSA) is 38.3 Å². The number of nitrogens with one attached hydrogen (secondary N) is 1. The van der Waals surface area contributed by atoms with Crippen molar-refractivity contribution in [2.75, 3.05) is 6.61 Å². The second-order valence-corrected chi connectivity index (χ2v) is 5.64. The minimum Gasteiger partial charge on any atom is -0.368 e. The van der Waals surface area contributed by atoms with Crippen molar-refractivity contribution < 1.29 is 9.53 Å². The summed E-state index contributed by atoms with van der Waals surface area (Å²) in [5, 5.41) is 3.21. The van der Waals surface area contributed by atoms with Crippen molar-refractivity contribution in [2.24, 2.45) is 5.92 Å². The van der Waals surface area contributed by atoms with Gasteiger partial charge in [0.1, 0.15) is 6.10 Å². The van der Waals surface area contributed by atoms with Crippen LogP contribution < -0.4 is 5.32 Å². The smallest absolute Gasteiger partial charge is 0.249 e. The fourth-order valence-corrected chi connectivity index (χ4v) is 2.76. The van der Waals surface area contributed by atoms with E-state index in [2.05, 4.69) is 29.6 Å². The van der Waals surface area contributed by atoms with E-state index >= 15 is 0 Å². The van der Waals surface area contributed by atoms with E-state index in [1.807, 2.05) is 6.07 Å². The van der Waals surface area contributed by atoms with Gasteiger partial charge in [0.05, 0.1) is 0 Å². The number of hydrogen-bond donors (Lipinski definition) is 1. The Hall–Kier alpha value is -1.35. The average Bonchev–Trinajstić information content (AvgIpc) is 3.13. The number of hydrogen-bond acceptors (Lipinski definition) is 2. The fourth-order valence-electron chi connectivity index (χ4n) is 2.76. The van der Waals surface area contributed by atoms with E-state index in [1.165, 1.54) is 18.4 Å². The Morgan fingerprint density at radius 2 is 2.05 bits per heavy atom. The molecule has 1 amide bonds. The summed E-state index contributed by atoms with van der Waals surface area (Å²) in [4.78, 5) is 12.1. The Labute approximate surface area is 114 Å². The second-order valence-electron chi connectivity index (χ2n) is 5.64. The highest BCUT2D eigenvalue weighted by atomic mass is 16.5. The van der Waals surface area contributed by atoms with Crippen LogP contribution in [0.25, 0.3) is 0 Å². The predicted molar refractivity (Wildman–Crippen MR) is 73.8 cm³/mol. The highest BCUT2D eigenvalue weighted by molar-refractivity contribution is 5.81. The van der Waals surface area contributed by atoms with Crippen LogP contribution in [-0.2, 0) is 16.0 Å². The fraction of sp³-hybridized carbons (Fsp3) is 0.562. The molecule has 0 aromatic heterocycles. The lowest BCUT2D eigenvalue weighted by Gasteiger charge is -2.20. The van der Waals surface area contributed by atoms with Gasteiger partial charge in [-0.1, -0.05) is 30.3 Å². The van der Waals surface area contributed by atoms with Crippen LogP contribution in [0, 0.1) is 5.92 Å². The Morgan fingerprint density at radius 3 is 2.68 bits per heavy atom. The summed E-state index contributed by atoms with van der Waals surface area (Å²) in [6, 6.07) is 10.7. The van der Waals surface area contributed by atoms with Crippen LogP contribution in [0.5, 0.6) is 0 Å². The highest BCUT2D eigenvalue weighted by Gasteiger charge is 2.34. The lowest BCUT2D eigenvalue weighted by molar-refractivity contribution is -0.130. The van der Waals surface area contributed by atoms with Gasteiger partial charge in [-0.15, -0.1) is 0 Å². The molecule has 1 aromatic carbocycles. The van der Waals surface area contributed by atoms with Crippen LogP contribution in [0.4, 0.5) is 0 Å². The molecule has 1 aliphatic carbocycles. The Bertz CT molecular complexity index is 422. The lowest BCUT2D eigenvalue weighted by Crippen LogP contribution is -2.43. The van der Waals surface area contributed by atoms with Crippen molar-refractivity contribution in [1.82, 2.24) is 5.32 Å². The normalized spacial score (nSPS) is 24.1. The zero-order valence-electron chi connectivity index (χ0n) is 11.2. The summed E-state index contributed by atoms with van der Waals surface area (Å²) in [5.41, 5.74) is 1.30. The lowest BCUT2D eigenvalue weighted by atomic mass is 10.0. The van der Waals surface area contributed by atoms with Crippen molar-refractivity contribution in [2.45, 2.75) is 44.2 Å². The molecule has 1 saturated carbocycles. The standard InChI is InChI=1S/C16H21NO2/c18-16(15-7-4-10-19-15)17-14(13-8-9-13)11-12-5-2-1-3-6-12/h1-3,5-6,13-15H,4,7-11H2,(H,17,18). The molecule has 0 spiro atoms. The first-order valence-corrected chi connectivity index (χ1v) is 7.29. The third-order valence-corrected chi connectivity index (χ3v) is 4.04. The molecule has 2 atom stereocenters. The van der Waals surface area contributed by atoms with Crippen molar-refractivity contribution in [3.8, 4) is 0 Å². The molecule has 3 rings (SSSR count). The number of ether oxygens (including phenoxy) is 1. The second kappa shape index (κ2) is 5.74. The first kappa shape index (κ1) is 12.7. The van der Waals surface area contributed by atoms with Crippen molar-refractivity contribution in [1.29, 1.82) is 0 Å². The van der Waals surface area contributed by atoms with E-state index < -0.39 is 0 Å². The molecule has 3 heteroatoms. The van der Waals surface area contributed by atoms with Crippen LogP contribution in [0.3, 0.4) is 0 Å². The van der Waals surface area contributed by atoms with E-state index in [9.17, 15) is 4.79 Å². The maximum Gasteiger partial charge on any atom is 0.249 e. The van der Waals surface area contributed by atoms with Gasteiger partial charge >= 0.3 is 0 Å². The summed E-state index contributed by atoms with van der Waals surface area (Å²) >= 11 is 0. The molecule has 1 saturated heterocycles. The molecule has 2 fully saturated rings. The number of carbonyl (C=O) groups is 1. The Kier molecular flexibility index (Phi) is 3.83. The minimum absolute atomic E-state index is 0.0883. The third-order valence-electron chi connectivity index (χ3n) is 4.04. The summed E-state index contributed by atoms with van der Waals surface area (Å²) < 4.78 is 5.45. The van der Waals surface area contributed by atoms with Gasteiger partial charge in [-0.25, -0.2) is 0 Å². The molecule has 1 aliphatic heterocycles. The molecule has 2 aliphatic rings. The largest absolute Gasteiger partial charge is 0.368 e. The maximum atomic E-state index is 12.1. The molecule has 2 unspecified atom stereocenters. The zero-order valence-corrected chi connectivity index (χ0v) is 11.2. The number of amides is 1. The SMILES string of the molecule is O=C(NC(Cc1ccccc1)C1CC1)C1CCCO1. The summed E-state index contributed by atoms with van der Waals surface area (Å²) in [7, 11) is 0. The van der Waals surface area contributed by atoms with E-state index in [4.69, 9.17) is 4.74 Å². The van der Waals surface area contributed by atoms with Crippen molar-refractivity contribution in [3.05, 3.63) is 35.9 Å². The molecule has 19 heavy (non-hydrogen) atoms. The molecule has 1 aromatic rings. The molecular weight excluding hydrogens is 238 g/mol. The molecule has 0 bridgehead atoms. The van der Waals surface area contributed by atoms with Crippen LogP contribution >= 0.6 is 0 Å². The van der Waals surface area contributed by atoms with E-state index in [0.717, 1.165) is 25.9 Å². The van der Waals surface area contributed by atoms with Crippen LogP contribution in [-0.4, -0.2) is 24.7 Å². The molecule has 102 valence electrons. The quantitative estimate of drug-likeness (QED) is 0.881. The summed E-state index contributed by atoms with van der Waals surface area (Å²) in [6.45, 7) is 0.727. The van der Waals surface area contributed by atoms with Gasteiger partial charge in [-0.05, 0) is 43.6 Å². The first-order chi connectivity index (χ1) is 9.33. The van der Waals surface area contributed by atoms with Gasteiger partial charge < -0.3 is 10.1 Å². The highest BCUT2D eigenvalue weighted by Crippen LogP contribution is 2.34. The van der Waals surface area contributed by atoms with Gasteiger partial charge in [0, 0.05) is 12.6 Å². The van der Waals surface area contributed by atoms with Gasteiger partial charge in [0.25, 0.3) is 0 Å². The summed E-state index contributed by atoms with van der Waals surface area (Å²) in [5.74, 6) is 0.746. The summed E-state index contributed by atoms with van der Waals surface area (Å²) in [6.07, 6.45) is 5.08. The third kappa shape index (κ3) is 3.35. The molecular formula is C16H21NO2. The number of rotatable bonds is 5. The average molecular weight is 259 g/mol. The molecule has 1 N–H and O–H groups in total. The van der Waals surface area contributed by atoms with Crippen molar-refractivity contribution in [3.63, 3.8) is 0 Å². The van der Waals surface area contributed by atoms with Gasteiger partial charge in [0.2, 0.25) is 5.91 Å². The van der Waals surface area contributed by atoms with E-state index in [-0.39, 0.29) is 18.1 Å². The molecule has 0 radical (unpaired) electrons. The Balaban J connectivity index is 1.59. The maximum absolute atomic E-state index is 12.1. The van der Waals surface area contributed by atoms with Crippen LogP contribution in [0.2, 0.25) is 0 Å². The van der Waals surface area contributed by atoms with Crippen LogP contribution in [0.15, 0.2) is 30.3 Å². The predicted octanol–water partition coefficient (Wildman–Crippen LogP) is 2.30. The monoisotopic (exact) mass is 259 g/mol. The van der Waals surface area contributed by atoms with Gasteiger partial charge in [0.15, 0.2) is 0 Å². The Morgan fingerprint density at radius 1 is 1.26 bits per heavy atom. The van der Waals surface area contributed by atoms with Crippen molar-refractivity contribution >= 4 is 5.91 Å². The molecule has 3 nitrogen and oxygen atoms in total. The van der Waals surface area contributed by atoms with E-state index in [1.54, 1.807) is 0 Å². The number of carbonyl (C=O) groups excluding carboxylic acids is 1. The first-order valence-electron chi connectivity index (χ1n) is 7.29. The van der Waals surface area contributed by atoms with Crippen LogP contribution in [0.1, 0.15) is 31.2 Å². The molecule has 1 heterocycles.